The predicted octanol–water partition coefficient (Wildman–Crippen LogP) is 2.72. The molecule has 2 aromatic carbocycles. The van der Waals surface area contributed by atoms with E-state index >= 15 is 0 Å². The van der Waals surface area contributed by atoms with Crippen molar-refractivity contribution in [3.63, 3.8) is 0 Å². The van der Waals surface area contributed by atoms with Gasteiger partial charge in [-0.15, -0.1) is 0 Å². The fourth-order valence-corrected chi connectivity index (χ4v) is 3.57. The highest BCUT2D eigenvalue weighted by Crippen LogP contribution is 2.44. The maximum atomic E-state index is 12.2. The standard InChI is InChI=1S/C20H19NO5/c22-19(23)12-25-13-9-21(10-13)20(24)26-11-18-16-7-3-1-5-14(16)15-6-2-4-8-17(15)18/h1-8,13,18H,9-12H2,(H,22,23). The molecule has 0 bridgehead atoms. The second-order valence-electron chi connectivity index (χ2n) is 6.54. The van der Waals surface area contributed by atoms with Crippen LogP contribution >= 0.6 is 0 Å². The maximum absolute atomic E-state index is 12.2. The molecule has 1 aliphatic carbocycles. The number of carbonyl (C=O) groups is 2. The van der Waals surface area contributed by atoms with Crippen LogP contribution in [0.5, 0.6) is 0 Å². The van der Waals surface area contributed by atoms with Gasteiger partial charge in [0.15, 0.2) is 0 Å². The van der Waals surface area contributed by atoms with Gasteiger partial charge in [0.2, 0.25) is 0 Å². The minimum absolute atomic E-state index is 0.0340. The van der Waals surface area contributed by atoms with Crippen molar-refractivity contribution in [2.24, 2.45) is 0 Å². The molecule has 0 aromatic heterocycles. The summed E-state index contributed by atoms with van der Waals surface area (Å²) in [6.07, 6.45) is -0.617. The van der Waals surface area contributed by atoms with Gasteiger partial charge in [-0.2, -0.15) is 0 Å². The lowest BCUT2D eigenvalue weighted by Gasteiger charge is -2.37. The molecule has 0 spiro atoms. The van der Waals surface area contributed by atoms with Crippen molar-refractivity contribution in [2.45, 2.75) is 12.0 Å². The normalized spacial score (nSPS) is 15.9. The second-order valence-corrected chi connectivity index (χ2v) is 6.54. The summed E-state index contributed by atoms with van der Waals surface area (Å²) in [4.78, 5) is 24.2. The van der Waals surface area contributed by atoms with Crippen molar-refractivity contribution >= 4 is 12.1 Å². The number of carboxylic acids is 1. The van der Waals surface area contributed by atoms with Crippen molar-refractivity contribution in [2.75, 3.05) is 26.3 Å². The molecule has 4 rings (SSSR count). The molecular weight excluding hydrogens is 334 g/mol. The van der Waals surface area contributed by atoms with E-state index in [2.05, 4.69) is 24.3 Å². The van der Waals surface area contributed by atoms with Gasteiger partial charge in [0.25, 0.3) is 0 Å². The van der Waals surface area contributed by atoms with E-state index < -0.39 is 5.97 Å². The molecule has 0 saturated carbocycles. The number of hydrogen-bond acceptors (Lipinski definition) is 4. The van der Waals surface area contributed by atoms with Crippen molar-refractivity contribution in [3.8, 4) is 11.1 Å². The van der Waals surface area contributed by atoms with E-state index in [1.54, 1.807) is 0 Å². The molecule has 26 heavy (non-hydrogen) atoms. The van der Waals surface area contributed by atoms with E-state index in [0.717, 1.165) is 0 Å². The lowest BCUT2D eigenvalue weighted by Crippen LogP contribution is -2.55. The number of rotatable bonds is 5. The summed E-state index contributed by atoms with van der Waals surface area (Å²) in [5.41, 5.74) is 4.73. The fourth-order valence-electron chi connectivity index (χ4n) is 3.57. The SMILES string of the molecule is O=C(O)COC1CN(C(=O)OCC2c3ccccc3-c3ccccc32)C1. The maximum Gasteiger partial charge on any atom is 0.409 e. The van der Waals surface area contributed by atoms with Crippen LogP contribution in [0.15, 0.2) is 48.5 Å². The number of likely N-dealkylation sites (tertiary alicyclic amines) is 1. The van der Waals surface area contributed by atoms with Crippen LogP contribution in [0, 0.1) is 0 Å². The zero-order chi connectivity index (χ0) is 18.1. The molecule has 6 heteroatoms. The molecule has 0 atom stereocenters. The van der Waals surface area contributed by atoms with E-state index in [1.807, 2.05) is 24.3 Å². The molecule has 6 nitrogen and oxygen atoms in total. The van der Waals surface area contributed by atoms with Gasteiger partial charge >= 0.3 is 12.1 Å². The van der Waals surface area contributed by atoms with Crippen LogP contribution in [-0.4, -0.2) is 54.5 Å². The predicted molar refractivity (Wildman–Crippen MR) is 94.0 cm³/mol. The average Bonchev–Trinajstić information content (AvgIpc) is 2.92. The zero-order valence-electron chi connectivity index (χ0n) is 14.1. The highest BCUT2D eigenvalue weighted by Gasteiger charge is 2.34. The smallest absolute Gasteiger partial charge is 0.409 e. The average molecular weight is 353 g/mol. The molecular formula is C20H19NO5. The van der Waals surface area contributed by atoms with Crippen LogP contribution in [0.2, 0.25) is 0 Å². The van der Waals surface area contributed by atoms with E-state index in [0.29, 0.717) is 13.1 Å². The topological polar surface area (TPSA) is 76.1 Å². The van der Waals surface area contributed by atoms with Gasteiger partial charge in [-0.05, 0) is 22.3 Å². The Balaban J connectivity index is 1.37. The Kier molecular flexibility index (Phi) is 4.34. The summed E-state index contributed by atoms with van der Waals surface area (Å²) < 4.78 is 10.7. The summed E-state index contributed by atoms with van der Waals surface area (Å²) in [5.74, 6) is -0.976. The molecule has 134 valence electrons. The molecule has 2 aromatic rings. The van der Waals surface area contributed by atoms with Crippen LogP contribution < -0.4 is 0 Å². The zero-order valence-corrected chi connectivity index (χ0v) is 14.1. The Bertz CT molecular complexity index is 798. The van der Waals surface area contributed by atoms with Crippen molar-refractivity contribution in [1.29, 1.82) is 0 Å². The molecule has 1 N–H and O–H groups in total. The Morgan fingerprint density at radius 1 is 1.00 bits per heavy atom. The molecule has 0 unspecified atom stereocenters. The van der Waals surface area contributed by atoms with Crippen LogP contribution in [0.3, 0.4) is 0 Å². The summed E-state index contributed by atoms with van der Waals surface area (Å²) in [6, 6.07) is 16.4. The number of nitrogens with zero attached hydrogens (tertiary/aromatic N) is 1. The monoisotopic (exact) mass is 353 g/mol. The molecule has 2 aliphatic rings. The van der Waals surface area contributed by atoms with Gasteiger partial charge in [0, 0.05) is 5.92 Å². The molecule has 1 aliphatic heterocycles. The summed E-state index contributed by atoms with van der Waals surface area (Å²) in [6.45, 7) is 0.668. The number of aliphatic carboxylic acids is 1. The number of fused-ring (bicyclic) bond motifs is 3. The summed E-state index contributed by atoms with van der Waals surface area (Å²) in [5, 5.41) is 8.59. The molecule has 1 saturated heterocycles. The van der Waals surface area contributed by atoms with E-state index in [-0.39, 0.29) is 31.3 Å². The first-order chi connectivity index (χ1) is 12.6. The number of amides is 1. The molecule has 0 radical (unpaired) electrons. The molecule has 1 heterocycles. The first-order valence-corrected chi connectivity index (χ1v) is 8.57. The number of ether oxygens (including phenoxy) is 2. The van der Waals surface area contributed by atoms with Crippen molar-refractivity contribution < 1.29 is 24.2 Å². The lowest BCUT2D eigenvalue weighted by atomic mass is 9.98. The van der Waals surface area contributed by atoms with E-state index in [4.69, 9.17) is 14.6 Å². The highest BCUT2D eigenvalue weighted by molar-refractivity contribution is 5.79. The van der Waals surface area contributed by atoms with Crippen LogP contribution in [0.4, 0.5) is 4.79 Å². The van der Waals surface area contributed by atoms with Gasteiger partial charge in [-0.1, -0.05) is 48.5 Å². The number of carbonyl (C=O) groups excluding carboxylic acids is 1. The lowest BCUT2D eigenvalue weighted by molar-refractivity contribution is -0.147. The van der Waals surface area contributed by atoms with Gasteiger partial charge in [0.1, 0.15) is 13.2 Å². The summed E-state index contributed by atoms with van der Waals surface area (Å²) >= 11 is 0. The van der Waals surface area contributed by atoms with Gasteiger partial charge in [-0.3, -0.25) is 0 Å². The quantitative estimate of drug-likeness (QED) is 0.894. The van der Waals surface area contributed by atoms with Gasteiger partial charge in [0.05, 0.1) is 19.2 Å². The Hall–Kier alpha value is -2.86. The van der Waals surface area contributed by atoms with E-state index in [9.17, 15) is 9.59 Å². The number of benzene rings is 2. The Morgan fingerprint density at radius 3 is 2.15 bits per heavy atom. The largest absolute Gasteiger partial charge is 0.480 e. The molecule has 1 amide bonds. The van der Waals surface area contributed by atoms with Gasteiger partial charge in [-0.25, -0.2) is 9.59 Å². The fraction of sp³-hybridized carbons (Fsp3) is 0.300. The van der Waals surface area contributed by atoms with Crippen LogP contribution in [-0.2, 0) is 14.3 Å². The second kappa shape index (κ2) is 6.80. The number of carboxylic acid groups (broad SMARTS) is 1. The minimum atomic E-state index is -1.01. The number of hydrogen-bond donors (Lipinski definition) is 1. The summed E-state index contributed by atoms with van der Waals surface area (Å²) in [7, 11) is 0. The third-order valence-corrected chi connectivity index (χ3v) is 4.88. The third kappa shape index (κ3) is 3.04. The molecule has 1 fully saturated rings. The highest BCUT2D eigenvalue weighted by atomic mass is 16.6. The van der Waals surface area contributed by atoms with Crippen LogP contribution in [0.25, 0.3) is 11.1 Å². The third-order valence-electron chi connectivity index (χ3n) is 4.88. The Morgan fingerprint density at radius 2 is 1.58 bits per heavy atom. The van der Waals surface area contributed by atoms with Crippen LogP contribution in [0.1, 0.15) is 17.0 Å². The minimum Gasteiger partial charge on any atom is -0.480 e. The van der Waals surface area contributed by atoms with Crippen molar-refractivity contribution in [3.05, 3.63) is 59.7 Å². The van der Waals surface area contributed by atoms with E-state index in [1.165, 1.54) is 27.2 Å². The first kappa shape index (κ1) is 16.6. The first-order valence-electron chi connectivity index (χ1n) is 8.57. The van der Waals surface area contributed by atoms with Gasteiger partial charge < -0.3 is 19.5 Å². The van der Waals surface area contributed by atoms with Crippen molar-refractivity contribution in [1.82, 2.24) is 4.90 Å². The Labute approximate surface area is 151 Å².